The molecule has 0 bridgehead atoms. The van der Waals surface area contributed by atoms with Crippen molar-refractivity contribution in [3.05, 3.63) is 64.7 Å². The van der Waals surface area contributed by atoms with Crippen molar-refractivity contribution in [1.29, 1.82) is 0 Å². The van der Waals surface area contributed by atoms with Crippen LogP contribution in [0, 0.1) is 0 Å². The Bertz CT molecular complexity index is 1610. The minimum absolute atomic E-state index is 0.131. The molecule has 0 unspecified atom stereocenters. The van der Waals surface area contributed by atoms with Crippen molar-refractivity contribution >= 4 is 26.9 Å². The number of aromatic nitrogens is 4. The lowest BCUT2D eigenvalue weighted by atomic mass is 10.1. The van der Waals surface area contributed by atoms with Crippen LogP contribution in [0.1, 0.15) is 25.8 Å². The SMILES string of the molecule is CCCc1cn(C)c2c(=O)[nH]c(-c3cc(S(=O)(=O)N4CCN(c5ccccn5)CC4)ccc3OCC)nc12. The van der Waals surface area contributed by atoms with Crippen molar-refractivity contribution in [2.24, 2.45) is 7.05 Å². The normalized spacial score (nSPS) is 14.8. The molecule has 0 saturated carbocycles. The van der Waals surface area contributed by atoms with Gasteiger partial charge < -0.3 is 19.2 Å². The first-order valence-electron chi connectivity index (χ1n) is 12.8. The zero-order valence-electron chi connectivity index (χ0n) is 21.8. The molecule has 1 aromatic carbocycles. The summed E-state index contributed by atoms with van der Waals surface area (Å²) in [6, 6.07) is 10.4. The second kappa shape index (κ2) is 10.6. The topological polar surface area (TPSA) is 113 Å². The molecule has 5 rings (SSSR count). The number of benzene rings is 1. The van der Waals surface area contributed by atoms with E-state index in [-0.39, 0.29) is 16.3 Å². The summed E-state index contributed by atoms with van der Waals surface area (Å²) in [6.45, 7) is 6.07. The smallest absolute Gasteiger partial charge is 0.275 e. The first-order chi connectivity index (χ1) is 18.3. The standard InChI is InChI=1S/C27H32N6O4S/c1-4-8-19-18-31(3)25-24(19)29-26(30-27(25)34)21-17-20(10-11-22(21)37-5-2)38(35,36)33-15-13-32(14-16-33)23-9-6-7-12-28-23/h6-7,9-12,17-18H,4-5,8,13-16H2,1-3H3,(H,29,30,34). The predicted molar refractivity (Wildman–Crippen MR) is 147 cm³/mol. The lowest BCUT2D eigenvalue weighted by Crippen LogP contribution is -2.48. The van der Waals surface area contributed by atoms with E-state index in [1.807, 2.05) is 38.4 Å². The number of nitrogens with one attached hydrogen (secondary N) is 1. The van der Waals surface area contributed by atoms with Gasteiger partial charge in [0, 0.05) is 45.6 Å². The Morgan fingerprint density at radius 2 is 1.87 bits per heavy atom. The average molecular weight is 537 g/mol. The van der Waals surface area contributed by atoms with E-state index in [4.69, 9.17) is 9.72 Å². The maximum Gasteiger partial charge on any atom is 0.275 e. The van der Waals surface area contributed by atoms with E-state index in [2.05, 4.69) is 21.8 Å². The highest BCUT2D eigenvalue weighted by Crippen LogP contribution is 2.32. The summed E-state index contributed by atoms with van der Waals surface area (Å²) in [5.41, 5.74) is 2.24. The van der Waals surface area contributed by atoms with Crippen LogP contribution >= 0.6 is 0 Å². The molecular weight excluding hydrogens is 504 g/mol. The fourth-order valence-electron chi connectivity index (χ4n) is 4.94. The van der Waals surface area contributed by atoms with Crippen LogP contribution in [0.2, 0.25) is 0 Å². The molecule has 0 aliphatic carbocycles. The van der Waals surface area contributed by atoms with Gasteiger partial charge in [0.05, 0.1) is 22.6 Å². The number of H-pyrrole nitrogens is 1. The second-order valence-corrected chi connectivity index (χ2v) is 11.2. The van der Waals surface area contributed by atoms with Crippen LogP contribution in [0.4, 0.5) is 5.82 Å². The summed E-state index contributed by atoms with van der Waals surface area (Å²) in [6.07, 6.45) is 5.35. The number of ether oxygens (including phenoxy) is 1. The molecule has 38 heavy (non-hydrogen) atoms. The fraction of sp³-hybridized carbons (Fsp3) is 0.370. The maximum atomic E-state index is 13.7. The minimum atomic E-state index is -3.79. The predicted octanol–water partition coefficient (Wildman–Crippen LogP) is 3.19. The van der Waals surface area contributed by atoms with Gasteiger partial charge in [-0.15, -0.1) is 0 Å². The number of hydrogen-bond donors (Lipinski definition) is 1. The molecule has 1 fully saturated rings. The number of nitrogens with zero attached hydrogens (tertiary/aromatic N) is 5. The molecule has 0 spiro atoms. The molecule has 1 N–H and O–H groups in total. The number of anilines is 1. The van der Waals surface area contributed by atoms with Gasteiger partial charge in [0.25, 0.3) is 5.56 Å². The average Bonchev–Trinajstić information content (AvgIpc) is 3.25. The van der Waals surface area contributed by atoms with Crippen LogP contribution in [0.25, 0.3) is 22.4 Å². The molecule has 10 nitrogen and oxygen atoms in total. The Hall–Kier alpha value is -3.70. The summed E-state index contributed by atoms with van der Waals surface area (Å²) >= 11 is 0. The van der Waals surface area contributed by atoms with Gasteiger partial charge in [0.2, 0.25) is 10.0 Å². The minimum Gasteiger partial charge on any atom is -0.493 e. The third-order valence-electron chi connectivity index (χ3n) is 6.78. The number of rotatable bonds is 8. The fourth-order valence-corrected chi connectivity index (χ4v) is 6.39. The van der Waals surface area contributed by atoms with Crippen LogP contribution < -0.4 is 15.2 Å². The molecule has 1 aliphatic heterocycles. The largest absolute Gasteiger partial charge is 0.493 e. The van der Waals surface area contributed by atoms with Crippen molar-refractivity contribution in [2.75, 3.05) is 37.7 Å². The van der Waals surface area contributed by atoms with Gasteiger partial charge >= 0.3 is 0 Å². The Morgan fingerprint density at radius 1 is 1.08 bits per heavy atom. The van der Waals surface area contributed by atoms with Crippen LogP contribution in [-0.2, 0) is 23.5 Å². The van der Waals surface area contributed by atoms with E-state index >= 15 is 0 Å². The number of aryl methyl sites for hydroxylation is 2. The number of piperazine rings is 1. The second-order valence-electron chi connectivity index (χ2n) is 9.30. The molecule has 11 heteroatoms. The monoisotopic (exact) mass is 536 g/mol. The van der Waals surface area contributed by atoms with E-state index < -0.39 is 10.0 Å². The first-order valence-corrected chi connectivity index (χ1v) is 14.3. The quantitative estimate of drug-likeness (QED) is 0.368. The Kier molecular flexibility index (Phi) is 7.22. The lowest BCUT2D eigenvalue weighted by Gasteiger charge is -2.34. The van der Waals surface area contributed by atoms with Gasteiger partial charge in [-0.1, -0.05) is 19.4 Å². The van der Waals surface area contributed by atoms with Crippen molar-refractivity contribution in [2.45, 2.75) is 31.6 Å². The first kappa shape index (κ1) is 25.9. The molecule has 0 atom stereocenters. The molecule has 200 valence electrons. The highest BCUT2D eigenvalue weighted by molar-refractivity contribution is 7.89. The zero-order chi connectivity index (χ0) is 26.9. The molecule has 0 radical (unpaired) electrons. The van der Waals surface area contributed by atoms with Crippen LogP contribution in [0.15, 0.2) is 58.5 Å². The Balaban J connectivity index is 1.51. The van der Waals surface area contributed by atoms with E-state index in [0.717, 1.165) is 24.2 Å². The maximum absolute atomic E-state index is 13.7. The van der Waals surface area contributed by atoms with Crippen molar-refractivity contribution < 1.29 is 13.2 Å². The zero-order valence-corrected chi connectivity index (χ0v) is 22.7. The third-order valence-corrected chi connectivity index (χ3v) is 8.67. The van der Waals surface area contributed by atoms with Gasteiger partial charge in [0.15, 0.2) is 0 Å². The van der Waals surface area contributed by atoms with Gasteiger partial charge in [-0.2, -0.15) is 4.31 Å². The van der Waals surface area contributed by atoms with Gasteiger partial charge in [-0.3, -0.25) is 4.79 Å². The number of fused-ring (bicyclic) bond motifs is 1. The van der Waals surface area contributed by atoms with Gasteiger partial charge in [-0.25, -0.2) is 18.4 Å². The van der Waals surface area contributed by atoms with Crippen LogP contribution in [0.3, 0.4) is 0 Å². The van der Waals surface area contributed by atoms with Crippen molar-refractivity contribution in [3.8, 4) is 17.1 Å². The van der Waals surface area contributed by atoms with E-state index in [9.17, 15) is 13.2 Å². The van der Waals surface area contributed by atoms with E-state index in [0.29, 0.717) is 55.1 Å². The van der Waals surface area contributed by atoms with Crippen LogP contribution in [-0.4, -0.2) is 65.0 Å². The number of aromatic amines is 1. The summed E-state index contributed by atoms with van der Waals surface area (Å²) < 4.78 is 36.4. The Morgan fingerprint density at radius 3 is 2.55 bits per heavy atom. The molecule has 4 aromatic rings. The van der Waals surface area contributed by atoms with Crippen molar-refractivity contribution in [1.82, 2.24) is 23.8 Å². The number of hydrogen-bond acceptors (Lipinski definition) is 7. The third kappa shape index (κ3) is 4.79. The number of sulfonamides is 1. The van der Waals surface area contributed by atoms with Gasteiger partial charge in [-0.05, 0) is 49.2 Å². The highest BCUT2D eigenvalue weighted by Gasteiger charge is 2.30. The highest BCUT2D eigenvalue weighted by atomic mass is 32.2. The molecular formula is C27H32N6O4S. The molecule has 1 aliphatic rings. The van der Waals surface area contributed by atoms with Crippen LogP contribution in [0.5, 0.6) is 5.75 Å². The summed E-state index contributed by atoms with van der Waals surface area (Å²) in [5, 5.41) is 0. The number of pyridine rings is 1. The molecule has 3 aromatic heterocycles. The van der Waals surface area contributed by atoms with Gasteiger partial charge in [0.1, 0.15) is 22.9 Å². The Labute approximate surface area is 222 Å². The molecule has 0 amide bonds. The summed E-state index contributed by atoms with van der Waals surface area (Å²) in [5.74, 6) is 1.58. The lowest BCUT2D eigenvalue weighted by molar-refractivity contribution is 0.341. The van der Waals surface area contributed by atoms with E-state index in [1.54, 1.807) is 29.0 Å². The summed E-state index contributed by atoms with van der Waals surface area (Å²) in [4.78, 5) is 27.3. The molecule has 1 saturated heterocycles. The summed E-state index contributed by atoms with van der Waals surface area (Å²) in [7, 11) is -1.96. The van der Waals surface area contributed by atoms with E-state index in [1.165, 1.54) is 4.31 Å². The van der Waals surface area contributed by atoms with Crippen molar-refractivity contribution in [3.63, 3.8) is 0 Å². The molecule has 4 heterocycles.